The molecular weight excluding hydrogens is 218 g/mol. The first-order valence-corrected chi connectivity index (χ1v) is 5.87. The first kappa shape index (κ1) is 10.6. The lowest BCUT2D eigenvalue weighted by atomic mass is 9.94. The Hall–Kier alpha value is -2.59. The summed E-state index contributed by atoms with van der Waals surface area (Å²) in [7, 11) is 0. The van der Waals surface area contributed by atoms with Crippen molar-refractivity contribution < 1.29 is 0 Å². The van der Waals surface area contributed by atoms with Gasteiger partial charge in [-0.3, -0.25) is 0 Å². The number of hydrogen-bond donors (Lipinski definition) is 0. The summed E-state index contributed by atoms with van der Waals surface area (Å²) in [5.41, 5.74) is 2.84. The van der Waals surface area contributed by atoms with E-state index in [0.29, 0.717) is 0 Å². The number of benzene rings is 3. The minimum Gasteiger partial charge on any atom is -0.192 e. The van der Waals surface area contributed by atoms with Crippen LogP contribution in [0.2, 0.25) is 0 Å². The fraction of sp³-hybridized carbons (Fsp3) is 0. The molecule has 3 rings (SSSR count). The Balaban J connectivity index is 2.42. The van der Waals surface area contributed by atoms with E-state index < -0.39 is 0 Å². The van der Waals surface area contributed by atoms with Crippen LogP contribution in [0.15, 0.2) is 66.7 Å². The van der Waals surface area contributed by atoms with E-state index in [2.05, 4.69) is 18.2 Å². The Labute approximate surface area is 106 Å². The maximum atomic E-state index is 9.29. The molecule has 0 fully saturated rings. The minimum atomic E-state index is 0.722. The van der Waals surface area contributed by atoms with Crippen LogP contribution in [-0.4, -0.2) is 0 Å². The molecule has 0 aromatic heterocycles. The number of hydrogen-bond acceptors (Lipinski definition) is 1. The van der Waals surface area contributed by atoms with Crippen LogP contribution in [0.25, 0.3) is 21.9 Å². The van der Waals surface area contributed by atoms with E-state index in [1.807, 2.05) is 54.6 Å². The summed E-state index contributed by atoms with van der Waals surface area (Å²) in [6.45, 7) is 0. The summed E-state index contributed by atoms with van der Waals surface area (Å²) in [5, 5.41) is 11.6. The zero-order valence-electron chi connectivity index (χ0n) is 9.80. The molecule has 1 nitrogen and oxygen atoms in total. The number of rotatable bonds is 1. The Morgan fingerprint density at radius 1 is 0.722 bits per heavy atom. The van der Waals surface area contributed by atoms with Gasteiger partial charge in [-0.05, 0) is 22.4 Å². The van der Waals surface area contributed by atoms with Crippen LogP contribution < -0.4 is 0 Å². The highest BCUT2D eigenvalue weighted by atomic mass is 14.2. The second kappa shape index (κ2) is 4.35. The van der Waals surface area contributed by atoms with Gasteiger partial charge in [-0.1, -0.05) is 60.7 Å². The fourth-order valence-electron chi connectivity index (χ4n) is 2.28. The lowest BCUT2D eigenvalue weighted by Gasteiger charge is -2.08. The van der Waals surface area contributed by atoms with Gasteiger partial charge in [0.05, 0.1) is 11.6 Å². The van der Waals surface area contributed by atoms with Gasteiger partial charge in [0, 0.05) is 5.56 Å². The molecule has 3 aromatic carbocycles. The summed E-state index contributed by atoms with van der Waals surface area (Å²) in [4.78, 5) is 0. The third-order valence-electron chi connectivity index (χ3n) is 3.11. The highest BCUT2D eigenvalue weighted by molar-refractivity contribution is 5.99. The number of fused-ring (bicyclic) bond motifs is 1. The Morgan fingerprint density at radius 2 is 1.44 bits per heavy atom. The molecule has 3 aromatic rings. The predicted octanol–water partition coefficient (Wildman–Crippen LogP) is 4.38. The Morgan fingerprint density at radius 3 is 2.22 bits per heavy atom. The van der Waals surface area contributed by atoms with Crippen molar-refractivity contribution in [1.29, 1.82) is 5.26 Å². The lowest BCUT2D eigenvalue weighted by Crippen LogP contribution is -1.86. The van der Waals surface area contributed by atoms with Crippen LogP contribution in [-0.2, 0) is 0 Å². The molecule has 0 saturated carbocycles. The van der Waals surface area contributed by atoms with E-state index in [0.717, 1.165) is 27.5 Å². The second-order valence-electron chi connectivity index (χ2n) is 4.19. The largest absolute Gasteiger partial charge is 0.192 e. The minimum absolute atomic E-state index is 0.722. The van der Waals surface area contributed by atoms with Crippen LogP contribution in [0.4, 0.5) is 0 Å². The van der Waals surface area contributed by atoms with E-state index in [-0.39, 0.29) is 0 Å². The molecule has 84 valence electrons. The number of nitriles is 1. The van der Waals surface area contributed by atoms with Crippen molar-refractivity contribution in [3.05, 3.63) is 72.3 Å². The molecule has 18 heavy (non-hydrogen) atoms. The second-order valence-corrected chi connectivity index (χ2v) is 4.19. The van der Waals surface area contributed by atoms with Crippen molar-refractivity contribution in [3.63, 3.8) is 0 Å². The monoisotopic (exact) mass is 229 g/mol. The van der Waals surface area contributed by atoms with Crippen LogP contribution in [0, 0.1) is 11.3 Å². The summed E-state index contributed by atoms with van der Waals surface area (Å²) < 4.78 is 0. The molecule has 0 bridgehead atoms. The van der Waals surface area contributed by atoms with Crippen molar-refractivity contribution in [2.45, 2.75) is 0 Å². The zero-order valence-corrected chi connectivity index (χ0v) is 9.80. The molecule has 0 unspecified atom stereocenters. The van der Waals surface area contributed by atoms with Crippen molar-refractivity contribution in [3.8, 4) is 17.2 Å². The number of nitrogens with zero attached hydrogens (tertiary/aromatic N) is 1. The summed E-state index contributed by atoms with van der Waals surface area (Å²) >= 11 is 0. The lowest BCUT2D eigenvalue weighted by molar-refractivity contribution is 1.49. The third kappa shape index (κ3) is 1.65. The SMILES string of the molecule is N#Cc1ccc2ccccc2c1-c1ccccc1. The maximum Gasteiger partial charge on any atom is 0.0998 e. The molecule has 0 N–H and O–H groups in total. The zero-order chi connectivity index (χ0) is 12.4. The summed E-state index contributed by atoms with van der Waals surface area (Å²) in [6.07, 6.45) is 0. The summed E-state index contributed by atoms with van der Waals surface area (Å²) in [5.74, 6) is 0. The van der Waals surface area contributed by atoms with Crippen molar-refractivity contribution >= 4 is 10.8 Å². The molecule has 0 aliphatic carbocycles. The molecular formula is C17H11N. The van der Waals surface area contributed by atoms with Crippen molar-refractivity contribution in [2.75, 3.05) is 0 Å². The van der Waals surface area contributed by atoms with Crippen LogP contribution in [0.5, 0.6) is 0 Å². The maximum absolute atomic E-state index is 9.29. The van der Waals surface area contributed by atoms with Gasteiger partial charge in [-0.2, -0.15) is 5.26 Å². The third-order valence-corrected chi connectivity index (χ3v) is 3.11. The molecule has 0 radical (unpaired) electrons. The van der Waals surface area contributed by atoms with Crippen molar-refractivity contribution in [1.82, 2.24) is 0 Å². The van der Waals surface area contributed by atoms with Crippen LogP contribution in [0.3, 0.4) is 0 Å². The predicted molar refractivity (Wildman–Crippen MR) is 74.1 cm³/mol. The van der Waals surface area contributed by atoms with Gasteiger partial charge in [0.15, 0.2) is 0 Å². The molecule has 0 aliphatic heterocycles. The first-order valence-electron chi connectivity index (χ1n) is 5.87. The van der Waals surface area contributed by atoms with Gasteiger partial charge in [0.1, 0.15) is 0 Å². The Kier molecular flexibility index (Phi) is 2.55. The quantitative estimate of drug-likeness (QED) is 0.607. The molecule has 1 heteroatoms. The van der Waals surface area contributed by atoms with Crippen LogP contribution in [0.1, 0.15) is 5.56 Å². The molecule has 0 atom stereocenters. The fourth-order valence-corrected chi connectivity index (χ4v) is 2.28. The normalized spacial score (nSPS) is 10.2. The van der Waals surface area contributed by atoms with Gasteiger partial charge in [0.25, 0.3) is 0 Å². The molecule has 0 aliphatic rings. The molecule has 0 heterocycles. The highest BCUT2D eigenvalue weighted by Crippen LogP contribution is 2.31. The molecule has 0 spiro atoms. The van der Waals surface area contributed by atoms with Gasteiger partial charge >= 0.3 is 0 Å². The van der Waals surface area contributed by atoms with E-state index in [1.165, 1.54) is 0 Å². The highest BCUT2D eigenvalue weighted by Gasteiger charge is 2.08. The van der Waals surface area contributed by atoms with E-state index in [4.69, 9.17) is 0 Å². The van der Waals surface area contributed by atoms with Crippen molar-refractivity contribution in [2.24, 2.45) is 0 Å². The average molecular weight is 229 g/mol. The Bertz CT molecular complexity index is 736. The van der Waals surface area contributed by atoms with Gasteiger partial charge < -0.3 is 0 Å². The molecule has 0 amide bonds. The summed E-state index contributed by atoms with van der Waals surface area (Å²) in [6, 6.07) is 24.4. The van der Waals surface area contributed by atoms with Gasteiger partial charge in [-0.25, -0.2) is 0 Å². The van der Waals surface area contributed by atoms with Gasteiger partial charge in [0.2, 0.25) is 0 Å². The van der Waals surface area contributed by atoms with E-state index in [1.54, 1.807) is 0 Å². The standard InChI is InChI=1S/C17H11N/c18-12-15-11-10-13-6-4-5-9-16(13)17(15)14-7-2-1-3-8-14/h1-11H. The topological polar surface area (TPSA) is 23.8 Å². The first-order chi connectivity index (χ1) is 8.90. The van der Waals surface area contributed by atoms with Crippen LogP contribution >= 0.6 is 0 Å². The smallest absolute Gasteiger partial charge is 0.0998 e. The molecule has 0 saturated heterocycles. The average Bonchev–Trinajstić information content (AvgIpc) is 2.47. The van der Waals surface area contributed by atoms with E-state index >= 15 is 0 Å². The van der Waals surface area contributed by atoms with E-state index in [9.17, 15) is 5.26 Å². The van der Waals surface area contributed by atoms with Gasteiger partial charge in [-0.15, -0.1) is 0 Å².